The molecule has 0 saturated carbocycles. The van der Waals surface area contributed by atoms with Gasteiger partial charge in [0, 0.05) is 32.7 Å². The van der Waals surface area contributed by atoms with E-state index in [2.05, 4.69) is 24.1 Å². The van der Waals surface area contributed by atoms with E-state index >= 15 is 0 Å². The Morgan fingerprint density at radius 1 is 1.35 bits per heavy atom. The first-order valence-corrected chi connectivity index (χ1v) is 7.34. The maximum atomic E-state index is 12.1. The number of amides is 1. The summed E-state index contributed by atoms with van der Waals surface area (Å²) in [6, 6.07) is 3.43. The molecule has 20 heavy (non-hydrogen) atoms. The van der Waals surface area contributed by atoms with E-state index in [0.717, 1.165) is 24.7 Å². The minimum absolute atomic E-state index is 0.0456. The van der Waals surface area contributed by atoms with Crippen LogP contribution in [0, 0.1) is 5.92 Å². The minimum Gasteiger partial charge on any atom is -0.459 e. The zero-order chi connectivity index (χ0) is 14.5. The number of carbonyl (C=O) groups excluding carboxylic acids is 1. The van der Waals surface area contributed by atoms with E-state index in [0.29, 0.717) is 24.8 Å². The maximum absolute atomic E-state index is 12.1. The average Bonchev–Trinajstić information content (AvgIpc) is 2.98. The van der Waals surface area contributed by atoms with E-state index in [1.54, 1.807) is 17.0 Å². The van der Waals surface area contributed by atoms with Crippen LogP contribution in [0.4, 0.5) is 0 Å². The Bertz CT molecular complexity index is 451. The molecule has 1 aliphatic rings. The van der Waals surface area contributed by atoms with E-state index in [1.807, 2.05) is 0 Å². The zero-order valence-electron chi connectivity index (χ0n) is 12.0. The lowest BCUT2D eigenvalue weighted by Crippen LogP contribution is -2.53. The third kappa shape index (κ3) is 3.72. The molecule has 1 fully saturated rings. The SMILES string of the molecule is CC(C)CNC(=S)N1CCN(C(=O)c2ccco2)CC1. The normalized spacial score (nSPS) is 15.6. The number of furan rings is 1. The van der Waals surface area contributed by atoms with Crippen molar-refractivity contribution in [1.29, 1.82) is 0 Å². The topological polar surface area (TPSA) is 48.7 Å². The van der Waals surface area contributed by atoms with E-state index in [-0.39, 0.29) is 5.91 Å². The third-order valence-corrected chi connectivity index (χ3v) is 3.65. The summed E-state index contributed by atoms with van der Waals surface area (Å²) in [7, 11) is 0. The van der Waals surface area contributed by atoms with Crippen molar-refractivity contribution in [3.8, 4) is 0 Å². The number of nitrogens with zero attached hydrogens (tertiary/aromatic N) is 2. The average molecular weight is 295 g/mol. The standard InChI is InChI=1S/C14H21N3O2S/c1-11(2)10-15-14(20)17-7-5-16(6-8-17)13(18)12-4-3-9-19-12/h3-4,9,11H,5-8,10H2,1-2H3,(H,15,20). The van der Waals surface area contributed by atoms with Crippen LogP contribution in [0.5, 0.6) is 0 Å². The molecule has 6 heteroatoms. The molecule has 2 heterocycles. The molecule has 1 amide bonds. The number of nitrogens with one attached hydrogen (secondary N) is 1. The Morgan fingerprint density at radius 2 is 2.00 bits per heavy atom. The third-order valence-electron chi connectivity index (χ3n) is 3.25. The lowest BCUT2D eigenvalue weighted by Gasteiger charge is -2.36. The van der Waals surface area contributed by atoms with E-state index in [4.69, 9.17) is 16.6 Å². The molecule has 0 bridgehead atoms. The maximum Gasteiger partial charge on any atom is 0.289 e. The molecule has 0 radical (unpaired) electrons. The van der Waals surface area contributed by atoms with E-state index in [1.165, 1.54) is 6.26 Å². The predicted octanol–water partition coefficient (Wildman–Crippen LogP) is 1.57. The Morgan fingerprint density at radius 3 is 2.55 bits per heavy atom. The summed E-state index contributed by atoms with van der Waals surface area (Å²) in [6.07, 6.45) is 1.52. The molecule has 0 aliphatic carbocycles. The van der Waals surface area contributed by atoms with Gasteiger partial charge in [-0.05, 0) is 30.3 Å². The number of carbonyl (C=O) groups is 1. The van der Waals surface area contributed by atoms with Crippen LogP contribution in [0.2, 0.25) is 0 Å². The van der Waals surface area contributed by atoms with Crippen molar-refractivity contribution in [1.82, 2.24) is 15.1 Å². The highest BCUT2D eigenvalue weighted by atomic mass is 32.1. The van der Waals surface area contributed by atoms with Gasteiger partial charge in [-0.2, -0.15) is 0 Å². The molecule has 1 saturated heterocycles. The molecule has 2 rings (SSSR count). The Hall–Kier alpha value is -1.56. The molecule has 0 aromatic carbocycles. The summed E-state index contributed by atoms with van der Waals surface area (Å²) in [5, 5.41) is 4.04. The summed E-state index contributed by atoms with van der Waals surface area (Å²) in [4.78, 5) is 16.0. The van der Waals surface area contributed by atoms with Gasteiger partial charge in [0.15, 0.2) is 10.9 Å². The largest absolute Gasteiger partial charge is 0.459 e. The van der Waals surface area contributed by atoms with E-state index in [9.17, 15) is 4.79 Å². The van der Waals surface area contributed by atoms with Crippen LogP contribution in [0.15, 0.2) is 22.8 Å². The number of piperazine rings is 1. The van der Waals surface area contributed by atoms with Crippen LogP contribution < -0.4 is 5.32 Å². The summed E-state index contributed by atoms with van der Waals surface area (Å²) in [6.45, 7) is 8.04. The van der Waals surface area contributed by atoms with Crippen molar-refractivity contribution in [3.05, 3.63) is 24.2 Å². The molecule has 1 N–H and O–H groups in total. The molecule has 1 aliphatic heterocycles. The summed E-state index contributed by atoms with van der Waals surface area (Å²) >= 11 is 5.37. The van der Waals surface area contributed by atoms with Gasteiger partial charge in [-0.15, -0.1) is 0 Å². The van der Waals surface area contributed by atoms with Crippen molar-refractivity contribution in [2.24, 2.45) is 5.92 Å². The quantitative estimate of drug-likeness (QED) is 0.858. The number of hydrogen-bond donors (Lipinski definition) is 1. The second-order valence-electron chi connectivity index (χ2n) is 5.34. The first-order valence-electron chi connectivity index (χ1n) is 6.93. The molecular weight excluding hydrogens is 274 g/mol. The molecule has 110 valence electrons. The van der Waals surface area contributed by atoms with Gasteiger partial charge in [-0.25, -0.2) is 0 Å². The van der Waals surface area contributed by atoms with Gasteiger partial charge in [0.2, 0.25) is 0 Å². The highest BCUT2D eigenvalue weighted by Gasteiger charge is 2.24. The van der Waals surface area contributed by atoms with Crippen molar-refractivity contribution < 1.29 is 9.21 Å². The lowest BCUT2D eigenvalue weighted by atomic mass is 10.2. The summed E-state index contributed by atoms with van der Waals surface area (Å²) in [5.74, 6) is 0.921. The first kappa shape index (κ1) is 14.8. The zero-order valence-corrected chi connectivity index (χ0v) is 12.8. The van der Waals surface area contributed by atoms with Crippen LogP contribution >= 0.6 is 12.2 Å². The molecule has 5 nitrogen and oxygen atoms in total. The Labute approximate surface area is 124 Å². The van der Waals surface area contributed by atoms with Gasteiger partial charge in [-0.3, -0.25) is 4.79 Å². The molecule has 1 aromatic heterocycles. The number of hydrogen-bond acceptors (Lipinski definition) is 3. The minimum atomic E-state index is -0.0456. The summed E-state index contributed by atoms with van der Waals surface area (Å²) < 4.78 is 5.14. The Kier molecular flexibility index (Phi) is 5.00. The molecule has 0 spiro atoms. The van der Waals surface area contributed by atoms with Gasteiger partial charge < -0.3 is 19.5 Å². The van der Waals surface area contributed by atoms with Crippen molar-refractivity contribution in [2.45, 2.75) is 13.8 Å². The molecular formula is C14H21N3O2S. The lowest BCUT2D eigenvalue weighted by molar-refractivity contribution is 0.0659. The van der Waals surface area contributed by atoms with Gasteiger partial charge >= 0.3 is 0 Å². The van der Waals surface area contributed by atoms with Gasteiger partial charge in [-0.1, -0.05) is 13.8 Å². The molecule has 1 aromatic rings. The van der Waals surface area contributed by atoms with Crippen LogP contribution in [-0.2, 0) is 0 Å². The monoisotopic (exact) mass is 295 g/mol. The highest BCUT2D eigenvalue weighted by molar-refractivity contribution is 7.80. The Balaban J connectivity index is 1.80. The smallest absolute Gasteiger partial charge is 0.289 e. The fraction of sp³-hybridized carbons (Fsp3) is 0.571. The number of rotatable bonds is 3. The van der Waals surface area contributed by atoms with Crippen molar-refractivity contribution >= 4 is 23.2 Å². The number of thiocarbonyl (C=S) groups is 1. The van der Waals surface area contributed by atoms with Crippen LogP contribution in [0.3, 0.4) is 0 Å². The molecule has 0 atom stereocenters. The van der Waals surface area contributed by atoms with Gasteiger partial charge in [0.05, 0.1) is 6.26 Å². The van der Waals surface area contributed by atoms with Crippen molar-refractivity contribution in [3.63, 3.8) is 0 Å². The fourth-order valence-electron chi connectivity index (χ4n) is 2.07. The second-order valence-corrected chi connectivity index (χ2v) is 5.72. The van der Waals surface area contributed by atoms with E-state index < -0.39 is 0 Å². The second kappa shape index (κ2) is 6.74. The van der Waals surface area contributed by atoms with Crippen LogP contribution in [0.25, 0.3) is 0 Å². The van der Waals surface area contributed by atoms with Crippen LogP contribution in [-0.4, -0.2) is 53.5 Å². The predicted molar refractivity (Wildman–Crippen MR) is 81.6 cm³/mol. The van der Waals surface area contributed by atoms with Crippen molar-refractivity contribution in [2.75, 3.05) is 32.7 Å². The molecule has 0 unspecified atom stereocenters. The van der Waals surface area contributed by atoms with Crippen LogP contribution in [0.1, 0.15) is 24.4 Å². The fourth-order valence-corrected chi connectivity index (χ4v) is 2.34. The summed E-state index contributed by atoms with van der Waals surface area (Å²) in [5.41, 5.74) is 0. The van der Waals surface area contributed by atoms with Gasteiger partial charge in [0.25, 0.3) is 5.91 Å². The van der Waals surface area contributed by atoms with Gasteiger partial charge in [0.1, 0.15) is 0 Å². The highest BCUT2D eigenvalue weighted by Crippen LogP contribution is 2.09. The first-order chi connectivity index (χ1) is 9.58.